The fourth-order valence-electron chi connectivity index (χ4n) is 3.11. The van der Waals surface area contributed by atoms with E-state index in [4.69, 9.17) is 0 Å². The second-order valence-corrected chi connectivity index (χ2v) is 5.33. The van der Waals surface area contributed by atoms with Crippen LogP contribution in [0.2, 0.25) is 0 Å². The second kappa shape index (κ2) is 6.20. The molecule has 0 bridgehead atoms. The van der Waals surface area contributed by atoms with E-state index in [1.54, 1.807) is 11.1 Å². The van der Waals surface area contributed by atoms with Gasteiger partial charge in [0.25, 0.3) is 0 Å². The lowest BCUT2D eigenvalue weighted by Crippen LogP contribution is -2.34. The number of benzene rings is 1. The third-order valence-electron chi connectivity index (χ3n) is 4.14. The van der Waals surface area contributed by atoms with Crippen LogP contribution in [0.3, 0.4) is 0 Å². The third kappa shape index (κ3) is 3.10. The van der Waals surface area contributed by atoms with Gasteiger partial charge in [-0.2, -0.15) is 0 Å². The summed E-state index contributed by atoms with van der Waals surface area (Å²) in [6.45, 7) is 2.28. The number of nitrogens with one attached hydrogen (secondary N) is 1. The molecule has 0 radical (unpaired) electrons. The van der Waals surface area contributed by atoms with Gasteiger partial charge >= 0.3 is 0 Å². The van der Waals surface area contributed by atoms with E-state index in [1.807, 2.05) is 0 Å². The van der Waals surface area contributed by atoms with Crippen molar-refractivity contribution in [3.63, 3.8) is 0 Å². The van der Waals surface area contributed by atoms with Crippen LogP contribution in [0, 0.1) is 5.92 Å². The Labute approximate surface area is 106 Å². The maximum Gasteiger partial charge on any atom is 0.00986 e. The van der Waals surface area contributed by atoms with Crippen molar-refractivity contribution >= 4 is 0 Å². The summed E-state index contributed by atoms with van der Waals surface area (Å²) < 4.78 is 0. The lowest BCUT2D eigenvalue weighted by Gasteiger charge is -2.22. The molecule has 0 spiro atoms. The van der Waals surface area contributed by atoms with Crippen LogP contribution in [-0.4, -0.2) is 13.1 Å². The normalized spacial score (nSPS) is 17.1. The molecule has 17 heavy (non-hydrogen) atoms. The third-order valence-corrected chi connectivity index (χ3v) is 4.14. The first-order valence-corrected chi connectivity index (χ1v) is 7.09. The Morgan fingerprint density at radius 3 is 2.35 bits per heavy atom. The Balaban J connectivity index is 1.91. The summed E-state index contributed by atoms with van der Waals surface area (Å²) in [6, 6.07) is 9.65. The fourth-order valence-corrected chi connectivity index (χ4v) is 3.11. The zero-order valence-corrected chi connectivity index (χ0v) is 11.2. The predicted octanol–water partition coefficient (Wildman–Crippen LogP) is 3.57. The SMILES string of the molecule is CCCCCC(NC)C1Cc2ccccc2C1. The van der Waals surface area contributed by atoms with Gasteiger partial charge in [-0.15, -0.1) is 0 Å². The van der Waals surface area contributed by atoms with Crippen molar-refractivity contribution in [2.24, 2.45) is 5.92 Å². The van der Waals surface area contributed by atoms with Crippen LogP contribution < -0.4 is 5.32 Å². The molecule has 0 aromatic heterocycles. The average molecular weight is 231 g/mol. The minimum Gasteiger partial charge on any atom is -0.317 e. The van der Waals surface area contributed by atoms with E-state index < -0.39 is 0 Å². The van der Waals surface area contributed by atoms with Crippen LogP contribution in [0.1, 0.15) is 43.7 Å². The standard InChI is InChI=1S/C16H25N/c1-3-4-5-10-16(17-2)15-11-13-8-6-7-9-14(13)12-15/h6-9,15-17H,3-5,10-12H2,1-2H3. The molecule has 2 rings (SSSR count). The molecule has 1 aromatic carbocycles. The van der Waals surface area contributed by atoms with Crippen LogP contribution in [0.5, 0.6) is 0 Å². The molecular formula is C16H25N. The quantitative estimate of drug-likeness (QED) is 0.738. The molecule has 1 N–H and O–H groups in total. The lowest BCUT2D eigenvalue weighted by atomic mass is 9.92. The van der Waals surface area contributed by atoms with E-state index >= 15 is 0 Å². The van der Waals surface area contributed by atoms with Crippen LogP contribution in [0.4, 0.5) is 0 Å². The van der Waals surface area contributed by atoms with Crippen molar-refractivity contribution in [3.05, 3.63) is 35.4 Å². The topological polar surface area (TPSA) is 12.0 Å². The highest BCUT2D eigenvalue weighted by Gasteiger charge is 2.26. The van der Waals surface area contributed by atoms with Crippen molar-refractivity contribution in [2.45, 2.75) is 51.5 Å². The Bertz CT molecular complexity index is 320. The van der Waals surface area contributed by atoms with Crippen LogP contribution in [-0.2, 0) is 12.8 Å². The molecule has 1 atom stereocenters. The van der Waals surface area contributed by atoms with Crippen molar-refractivity contribution in [1.82, 2.24) is 5.32 Å². The molecule has 94 valence electrons. The molecule has 0 aliphatic heterocycles. The van der Waals surface area contributed by atoms with Gasteiger partial charge in [-0.05, 0) is 43.4 Å². The highest BCUT2D eigenvalue weighted by molar-refractivity contribution is 5.32. The zero-order chi connectivity index (χ0) is 12.1. The summed E-state index contributed by atoms with van der Waals surface area (Å²) >= 11 is 0. The molecule has 1 nitrogen and oxygen atoms in total. The maximum atomic E-state index is 3.54. The second-order valence-electron chi connectivity index (χ2n) is 5.33. The van der Waals surface area contributed by atoms with Crippen molar-refractivity contribution in [3.8, 4) is 0 Å². The van der Waals surface area contributed by atoms with E-state index in [2.05, 4.69) is 43.6 Å². The van der Waals surface area contributed by atoms with Crippen LogP contribution >= 0.6 is 0 Å². The monoisotopic (exact) mass is 231 g/mol. The molecule has 1 aliphatic rings. The number of hydrogen-bond donors (Lipinski definition) is 1. The van der Waals surface area contributed by atoms with Crippen LogP contribution in [0.15, 0.2) is 24.3 Å². The summed E-state index contributed by atoms with van der Waals surface area (Å²) in [7, 11) is 2.12. The fraction of sp³-hybridized carbons (Fsp3) is 0.625. The first-order valence-electron chi connectivity index (χ1n) is 7.09. The van der Waals surface area contributed by atoms with Gasteiger partial charge < -0.3 is 5.32 Å². The Morgan fingerprint density at radius 2 is 1.82 bits per heavy atom. The van der Waals surface area contributed by atoms with E-state index in [0.717, 1.165) is 5.92 Å². The van der Waals surface area contributed by atoms with E-state index in [9.17, 15) is 0 Å². The van der Waals surface area contributed by atoms with Gasteiger partial charge in [-0.1, -0.05) is 50.5 Å². The molecule has 1 unspecified atom stereocenters. The molecule has 0 amide bonds. The first-order chi connectivity index (χ1) is 8.35. The predicted molar refractivity (Wildman–Crippen MR) is 74.3 cm³/mol. The van der Waals surface area contributed by atoms with E-state index in [-0.39, 0.29) is 0 Å². The van der Waals surface area contributed by atoms with Gasteiger partial charge in [0, 0.05) is 6.04 Å². The van der Waals surface area contributed by atoms with Crippen molar-refractivity contribution in [2.75, 3.05) is 7.05 Å². The summed E-state index contributed by atoms with van der Waals surface area (Å²) in [5.41, 5.74) is 3.15. The Hall–Kier alpha value is -0.820. The smallest absolute Gasteiger partial charge is 0.00986 e. The average Bonchev–Trinajstić information content (AvgIpc) is 2.78. The van der Waals surface area contributed by atoms with E-state index in [1.165, 1.54) is 38.5 Å². The summed E-state index contributed by atoms with van der Waals surface area (Å²) in [5.74, 6) is 0.814. The molecule has 1 heteroatoms. The number of hydrogen-bond acceptors (Lipinski definition) is 1. The highest BCUT2D eigenvalue weighted by Crippen LogP contribution is 2.30. The highest BCUT2D eigenvalue weighted by atomic mass is 14.9. The molecule has 0 heterocycles. The van der Waals surface area contributed by atoms with Gasteiger partial charge in [-0.25, -0.2) is 0 Å². The molecule has 0 saturated carbocycles. The minimum atomic E-state index is 0.703. The Kier molecular flexibility index (Phi) is 4.61. The van der Waals surface area contributed by atoms with Gasteiger partial charge in [0.15, 0.2) is 0 Å². The number of fused-ring (bicyclic) bond motifs is 1. The molecule has 1 aromatic rings. The molecule has 1 aliphatic carbocycles. The molecule has 0 fully saturated rings. The first kappa shape index (κ1) is 12.6. The van der Waals surface area contributed by atoms with Crippen LogP contribution in [0.25, 0.3) is 0 Å². The Morgan fingerprint density at radius 1 is 1.18 bits per heavy atom. The van der Waals surface area contributed by atoms with Gasteiger partial charge in [-0.3, -0.25) is 0 Å². The lowest BCUT2D eigenvalue weighted by molar-refractivity contribution is 0.355. The maximum absolute atomic E-state index is 3.54. The van der Waals surface area contributed by atoms with Gasteiger partial charge in [0.1, 0.15) is 0 Å². The van der Waals surface area contributed by atoms with Crippen molar-refractivity contribution in [1.29, 1.82) is 0 Å². The van der Waals surface area contributed by atoms with E-state index in [0.29, 0.717) is 6.04 Å². The minimum absolute atomic E-state index is 0.703. The zero-order valence-electron chi connectivity index (χ0n) is 11.2. The summed E-state index contributed by atoms with van der Waals surface area (Å²) in [4.78, 5) is 0. The van der Waals surface area contributed by atoms with Gasteiger partial charge in [0.2, 0.25) is 0 Å². The largest absolute Gasteiger partial charge is 0.317 e. The summed E-state index contributed by atoms with van der Waals surface area (Å²) in [6.07, 6.45) is 7.94. The number of unbranched alkanes of at least 4 members (excludes halogenated alkanes) is 2. The summed E-state index contributed by atoms with van der Waals surface area (Å²) in [5, 5.41) is 3.54. The molecular weight excluding hydrogens is 206 g/mol. The number of rotatable bonds is 6. The molecule has 0 saturated heterocycles. The van der Waals surface area contributed by atoms with Gasteiger partial charge in [0.05, 0.1) is 0 Å². The van der Waals surface area contributed by atoms with Crippen molar-refractivity contribution < 1.29 is 0 Å².